The van der Waals surface area contributed by atoms with E-state index in [0.717, 1.165) is 10.9 Å². The Morgan fingerprint density at radius 1 is 1.29 bits per heavy atom. The van der Waals surface area contributed by atoms with Crippen LogP contribution in [-0.4, -0.2) is 13.0 Å². The maximum atomic E-state index is 11.0. The van der Waals surface area contributed by atoms with E-state index >= 15 is 0 Å². The Kier molecular flexibility index (Phi) is 2.81. The Hall–Kier alpha value is -1.24. The molecule has 0 bridgehead atoms. The number of aryl methyl sites for hydroxylation is 1. The van der Waals surface area contributed by atoms with E-state index < -0.39 is 10.1 Å². The summed E-state index contributed by atoms with van der Waals surface area (Å²) < 4.78 is 31.0. The minimum Gasteiger partial charge on any atom is -0.398 e. The van der Waals surface area contributed by atoms with Crippen LogP contribution in [0.15, 0.2) is 34.1 Å². The Balaban J connectivity index is 2.85. The maximum Gasteiger partial charge on any atom is 0.294 e. The Morgan fingerprint density at radius 3 is 2.53 bits per heavy atom. The van der Waals surface area contributed by atoms with Crippen molar-refractivity contribution in [3.63, 3.8) is 0 Å². The third-order valence-corrected chi connectivity index (χ3v) is 3.92. The quantitative estimate of drug-likeness (QED) is 0.421. The van der Waals surface area contributed by atoms with Gasteiger partial charge in [0, 0.05) is 10.6 Å². The fraction of sp³-hybridized carbons (Fsp3) is 0.0909. The van der Waals surface area contributed by atoms with E-state index in [-0.39, 0.29) is 4.90 Å². The average molecular weight is 269 g/mol. The molecule has 0 saturated heterocycles. The van der Waals surface area contributed by atoms with Gasteiger partial charge in [0.2, 0.25) is 0 Å². The average Bonchev–Trinajstić information content (AvgIpc) is 2.24. The molecular formula is C11H11NO3S2. The molecule has 0 aliphatic heterocycles. The molecule has 6 heteroatoms. The topological polar surface area (TPSA) is 80.4 Å². The molecule has 0 saturated carbocycles. The number of thiol groups is 1. The zero-order chi connectivity index (χ0) is 12.8. The van der Waals surface area contributed by atoms with E-state index in [1.54, 1.807) is 12.1 Å². The Morgan fingerprint density at radius 2 is 1.94 bits per heavy atom. The molecule has 0 aliphatic rings. The van der Waals surface area contributed by atoms with E-state index in [1.165, 1.54) is 12.1 Å². The van der Waals surface area contributed by atoms with Gasteiger partial charge in [-0.15, -0.1) is 12.6 Å². The molecule has 2 aromatic carbocycles. The Bertz CT molecular complexity index is 708. The lowest BCUT2D eigenvalue weighted by Crippen LogP contribution is -1.98. The van der Waals surface area contributed by atoms with Gasteiger partial charge in [0.25, 0.3) is 10.1 Å². The van der Waals surface area contributed by atoms with E-state index in [4.69, 9.17) is 10.3 Å². The molecule has 2 aromatic rings. The minimum absolute atomic E-state index is 0.137. The predicted molar refractivity (Wildman–Crippen MR) is 70.2 cm³/mol. The van der Waals surface area contributed by atoms with Crippen LogP contribution in [0.4, 0.5) is 5.69 Å². The van der Waals surface area contributed by atoms with Gasteiger partial charge >= 0.3 is 0 Å². The van der Waals surface area contributed by atoms with Crippen molar-refractivity contribution in [3.05, 3.63) is 29.8 Å². The standard InChI is InChI=1S/C11H11NO3S2/c1-6-9-3-2-8(17(13,14)15)4-7(9)5-10(16)11(6)12/h2-5,16H,12H2,1H3,(H,13,14,15). The number of fused-ring (bicyclic) bond motifs is 1. The van der Waals surface area contributed by atoms with E-state index in [2.05, 4.69) is 12.6 Å². The fourth-order valence-corrected chi connectivity index (χ4v) is 2.55. The summed E-state index contributed by atoms with van der Waals surface area (Å²) in [4.78, 5) is 0.449. The highest BCUT2D eigenvalue weighted by Gasteiger charge is 2.12. The van der Waals surface area contributed by atoms with Crippen molar-refractivity contribution in [2.24, 2.45) is 0 Å². The van der Waals surface area contributed by atoms with Crippen molar-refractivity contribution in [1.82, 2.24) is 0 Å². The van der Waals surface area contributed by atoms with Gasteiger partial charge in [-0.05, 0) is 41.5 Å². The van der Waals surface area contributed by atoms with Gasteiger partial charge in [-0.3, -0.25) is 4.55 Å². The smallest absolute Gasteiger partial charge is 0.294 e. The lowest BCUT2D eigenvalue weighted by Gasteiger charge is -2.09. The van der Waals surface area contributed by atoms with Gasteiger partial charge in [0.1, 0.15) is 0 Å². The first kappa shape index (κ1) is 12.2. The molecule has 0 atom stereocenters. The molecule has 0 radical (unpaired) electrons. The lowest BCUT2D eigenvalue weighted by atomic mass is 10.0. The van der Waals surface area contributed by atoms with Crippen LogP contribution in [0.3, 0.4) is 0 Å². The fourth-order valence-electron chi connectivity index (χ4n) is 1.72. The van der Waals surface area contributed by atoms with E-state index in [1.807, 2.05) is 6.92 Å². The van der Waals surface area contributed by atoms with Crippen molar-refractivity contribution in [2.75, 3.05) is 5.73 Å². The van der Waals surface area contributed by atoms with Gasteiger partial charge in [0.15, 0.2) is 0 Å². The summed E-state index contributed by atoms with van der Waals surface area (Å²) in [6.45, 7) is 1.84. The SMILES string of the molecule is Cc1c(N)c(S)cc2cc(S(=O)(=O)O)ccc12. The van der Waals surface area contributed by atoms with Crippen LogP contribution in [0.25, 0.3) is 10.8 Å². The third-order valence-electron chi connectivity index (χ3n) is 2.70. The molecule has 4 nitrogen and oxygen atoms in total. The van der Waals surface area contributed by atoms with E-state index in [9.17, 15) is 8.42 Å². The number of anilines is 1. The maximum absolute atomic E-state index is 11.0. The molecule has 0 heterocycles. The lowest BCUT2D eigenvalue weighted by molar-refractivity contribution is 0.483. The largest absolute Gasteiger partial charge is 0.398 e. The highest BCUT2D eigenvalue weighted by atomic mass is 32.2. The predicted octanol–water partition coefficient (Wildman–Crippen LogP) is 2.27. The van der Waals surface area contributed by atoms with Crippen LogP contribution in [0.5, 0.6) is 0 Å². The summed E-state index contributed by atoms with van der Waals surface area (Å²) >= 11 is 4.21. The van der Waals surface area contributed by atoms with Crippen molar-refractivity contribution in [1.29, 1.82) is 0 Å². The zero-order valence-electron chi connectivity index (χ0n) is 9.01. The highest BCUT2D eigenvalue weighted by molar-refractivity contribution is 7.85. The van der Waals surface area contributed by atoms with Crippen LogP contribution >= 0.6 is 12.6 Å². The molecule has 2 rings (SSSR count). The van der Waals surface area contributed by atoms with Crippen LogP contribution in [0.2, 0.25) is 0 Å². The second kappa shape index (κ2) is 3.90. The van der Waals surface area contributed by atoms with Crippen LogP contribution < -0.4 is 5.73 Å². The van der Waals surface area contributed by atoms with Gasteiger partial charge in [-0.1, -0.05) is 6.07 Å². The van der Waals surface area contributed by atoms with Gasteiger partial charge in [-0.2, -0.15) is 8.42 Å². The van der Waals surface area contributed by atoms with Crippen molar-refractivity contribution in [3.8, 4) is 0 Å². The second-order valence-corrected chi connectivity index (χ2v) is 5.70. The molecule has 0 aliphatic carbocycles. The monoisotopic (exact) mass is 269 g/mol. The van der Waals surface area contributed by atoms with Crippen LogP contribution in [0, 0.1) is 6.92 Å². The van der Waals surface area contributed by atoms with Gasteiger partial charge in [0.05, 0.1) is 4.90 Å². The van der Waals surface area contributed by atoms with Crippen LogP contribution in [-0.2, 0) is 10.1 Å². The molecule has 0 aromatic heterocycles. The molecule has 0 fully saturated rings. The van der Waals surface area contributed by atoms with Crippen molar-refractivity contribution in [2.45, 2.75) is 16.7 Å². The summed E-state index contributed by atoms with van der Waals surface area (Å²) in [5.41, 5.74) is 7.24. The molecule has 17 heavy (non-hydrogen) atoms. The highest BCUT2D eigenvalue weighted by Crippen LogP contribution is 2.30. The number of hydrogen-bond acceptors (Lipinski definition) is 4. The first-order chi connectivity index (χ1) is 7.80. The van der Waals surface area contributed by atoms with Crippen molar-refractivity contribution < 1.29 is 13.0 Å². The number of nitrogen functional groups attached to an aromatic ring is 1. The minimum atomic E-state index is -4.19. The molecular weight excluding hydrogens is 258 g/mol. The summed E-state index contributed by atoms with van der Waals surface area (Å²) in [5, 5.41) is 1.52. The molecule has 90 valence electrons. The Labute approximate surface area is 105 Å². The number of benzene rings is 2. The third kappa shape index (κ3) is 2.11. The molecule has 0 amide bonds. The summed E-state index contributed by atoms with van der Waals surface area (Å²) in [5.74, 6) is 0. The zero-order valence-corrected chi connectivity index (χ0v) is 10.7. The molecule has 3 N–H and O–H groups in total. The van der Waals surface area contributed by atoms with Gasteiger partial charge < -0.3 is 5.73 Å². The molecule has 0 unspecified atom stereocenters. The number of rotatable bonds is 1. The normalized spacial score (nSPS) is 11.9. The first-order valence-corrected chi connectivity index (χ1v) is 6.68. The summed E-state index contributed by atoms with van der Waals surface area (Å²) in [6, 6.07) is 6.05. The summed E-state index contributed by atoms with van der Waals surface area (Å²) in [7, 11) is -4.19. The molecule has 0 spiro atoms. The van der Waals surface area contributed by atoms with Gasteiger partial charge in [-0.25, -0.2) is 0 Å². The summed E-state index contributed by atoms with van der Waals surface area (Å²) in [6.07, 6.45) is 0. The van der Waals surface area contributed by atoms with Crippen molar-refractivity contribution >= 4 is 39.2 Å². The number of hydrogen-bond donors (Lipinski definition) is 3. The van der Waals surface area contributed by atoms with Crippen LogP contribution in [0.1, 0.15) is 5.56 Å². The van der Waals surface area contributed by atoms with E-state index in [0.29, 0.717) is 16.0 Å². The second-order valence-electron chi connectivity index (χ2n) is 3.79. The number of nitrogens with two attached hydrogens (primary N) is 1. The first-order valence-electron chi connectivity index (χ1n) is 4.80.